The minimum Gasteiger partial charge on any atom is -0.407 e. The molecule has 0 aromatic heterocycles. The average Bonchev–Trinajstić information content (AvgIpc) is 1.91. The third-order valence-corrected chi connectivity index (χ3v) is 1.10. The van der Waals surface area contributed by atoms with E-state index in [1.165, 1.54) is 0 Å². The third-order valence-electron chi connectivity index (χ3n) is 1.10. The largest absolute Gasteiger partial charge is 0.407 e. The topological polar surface area (TPSA) is 12.0 Å². The monoisotopic (exact) mass is 226 g/mol. The molecule has 1 aromatic rings. The van der Waals surface area contributed by atoms with Crippen LogP contribution in [0.4, 0.5) is 5.69 Å². The van der Waals surface area contributed by atoms with Crippen LogP contribution in [0.15, 0.2) is 24.3 Å². The van der Waals surface area contributed by atoms with Crippen molar-refractivity contribution < 1.29 is 20.4 Å². The first-order chi connectivity index (χ1) is 4.43. The average molecular weight is 227 g/mol. The summed E-state index contributed by atoms with van der Waals surface area (Å²) in [6, 6.07) is 10.8. The Kier molecular flexibility index (Phi) is 5.29. The Balaban J connectivity index is 0.000000810. The van der Waals surface area contributed by atoms with Gasteiger partial charge in [0, 0.05) is 27.0 Å². The van der Waals surface area contributed by atoms with E-state index < -0.39 is 0 Å². The van der Waals surface area contributed by atoms with E-state index in [1.807, 2.05) is 24.3 Å². The molecule has 0 bridgehead atoms. The number of hydrogen-bond donors (Lipinski definition) is 1. The maximum atomic E-state index is 3.19. The number of anilines is 1. The van der Waals surface area contributed by atoms with E-state index in [4.69, 9.17) is 0 Å². The zero-order chi connectivity index (χ0) is 6.53. The molecule has 0 aliphatic heterocycles. The van der Waals surface area contributed by atoms with Gasteiger partial charge in [0.25, 0.3) is 0 Å². The van der Waals surface area contributed by atoms with Crippen LogP contribution in [0, 0.1) is 6.07 Å². The van der Waals surface area contributed by atoms with Crippen LogP contribution in [0.1, 0.15) is 6.92 Å². The predicted molar refractivity (Wildman–Crippen MR) is 39.4 cm³/mol. The Bertz CT molecular complexity index is 162. The van der Waals surface area contributed by atoms with Crippen LogP contribution in [0.2, 0.25) is 0 Å². The molecule has 0 saturated heterocycles. The number of nitrogens with one attached hydrogen (secondary N) is 1. The molecule has 0 aliphatic carbocycles. The second-order valence-electron chi connectivity index (χ2n) is 1.82. The van der Waals surface area contributed by atoms with Gasteiger partial charge in [0.15, 0.2) is 0 Å². The Morgan fingerprint density at radius 1 is 1.40 bits per heavy atom. The fourth-order valence-electron chi connectivity index (χ4n) is 0.709. The maximum Gasteiger partial charge on any atom is 0.00972 e. The Hall–Kier alpha value is -0.318. The summed E-state index contributed by atoms with van der Waals surface area (Å²) in [6.45, 7) is 3.06. The van der Waals surface area contributed by atoms with Crippen LogP contribution in [-0.2, 0) is 20.4 Å². The molecule has 1 rings (SSSR count). The first kappa shape index (κ1) is 9.68. The third kappa shape index (κ3) is 3.01. The minimum absolute atomic E-state index is 0. The van der Waals surface area contributed by atoms with Gasteiger partial charge in [-0.2, -0.15) is 18.2 Å². The van der Waals surface area contributed by atoms with Gasteiger partial charge in [-0.3, -0.25) is 0 Å². The molecule has 0 unspecified atom stereocenters. The van der Waals surface area contributed by atoms with Crippen LogP contribution in [0.25, 0.3) is 0 Å². The number of rotatable bonds is 2. The van der Waals surface area contributed by atoms with Crippen molar-refractivity contribution in [3.8, 4) is 0 Å². The zero-order valence-electron chi connectivity index (χ0n) is 5.83. The molecule has 0 saturated carbocycles. The smallest absolute Gasteiger partial charge is 0.00972 e. The van der Waals surface area contributed by atoms with Crippen LogP contribution >= 0.6 is 0 Å². The molecule has 58 valence electrons. The molecule has 0 spiro atoms. The van der Waals surface area contributed by atoms with E-state index in [0.29, 0.717) is 0 Å². The van der Waals surface area contributed by atoms with E-state index in [-0.39, 0.29) is 20.4 Å². The molecule has 1 aromatic carbocycles. The van der Waals surface area contributed by atoms with Gasteiger partial charge >= 0.3 is 0 Å². The fourth-order valence-corrected chi connectivity index (χ4v) is 0.709. The fraction of sp³-hybridized carbons (Fsp3) is 0.250. The van der Waals surface area contributed by atoms with Crippen LogP contribution in [-0.4, -0.2) is 6.54 Å². The molecule has 0 aliphatic rings. The maximum absolute atomic E-state index is 3.19. The summed E-state index contributed by atoms with van der Waals surface area (Å²) < 4.78 is 0. The summed E-state index contributed by atoms with van der Waals surface area (Å²) in [7, 11) is 0. The van der Waals surface area contributed by atoms with E-state index in [1.54, 1.807) is 0 Å². The number of hydrogen-bond acceptors (Lipinski definition) is 1. The van der Waals surface area contributed by atoms with Crippen molar-refractivity contribution in [1.29, 1.82) is 0 Å². The molecule has 2 heteroatoms. The summed E-state index contributed by atoms with van der Waals surface area (Å²) >= 11 is 0. The van der Waals surface area contributed by atoms with E-state index in [0.717, 1.165) is 12.2 Å². The first-order valence-corrected chi connectivity index (χ1v) is 3.13. The molecule has 1 nitrogen and oxygen atoms in total. The van der Waals surface area contributed by atoms with E-state index in [9.17, 15) is 0 Å². The second-order valence-corrected chi connectivity index (χ2v) is 1.82. The quantitative estimate of drug-likeness (QED) is 0.600. The molecule has 10 heavy (non-hydrogen) atoms. The van der Waals surface area contributed by atoms with Crippen molar-refractivity contribution in [3.05, 3.63) is 30.3 Å². The van der Waals surface area contributed by atoms with E-state index >= 15 is 0 Å². The van der Waals surface area contributed by atoms with Crippen molar-refractivity contribution in [3.63, 3.8) is 0 Å². The van der Waals surface area contributed by atoms with Crippen molar-refractivity contribution in [2.75, 3.05) is 11.9 Å². The normalized spacial score (nSPS) is 8.10. The van der Waals surface area contributed by atoms with Gasteiger partial charge in [0.1, 0.15) is 0 Å². The number of benzene rings is 1. The molecule has 0 amide bonds. The Morgan fingerprint density at radius 3 is 2.50 bits per heavy atom. The molecule has 0 fully saturated rings. The first-order valence-electron chi connectivity index (χ1n) is 3.13. The predicted octanol–water partition coefficient (Wildman–Crippen LogP) is 1.92. The van der Waals surface area contributed by atoms with Crippen molar-refractivity contribution in [1.82, 2.24) is 0 Å². The molecule has 1 N–H and O–H groups in total. The van der Waals surface area contributed by atoms with Crippen molar-refractivity contribution >= 4 is 5.69 Å². The zero-order valence-corrected chi connectivity index (χ0v) is 7.39. The summed E-state index contributed by atoms with van der Waals surface area (Å²) in [4.78, 5) is 0. The summed E-state index contributed by atoms with van der Waals surface area (Å²) in [5.74, 6) is 0. The van der Waals surface area contributed by atoms with Gasteiger partial charge in [-0.15, -0.1) is 12.1 Å². The SMILES string of the molecule is CCNc1cc[c-]cc1.[Pd]. The molecule has 0 heterocycles. The summed E-state index contributed by atoms with van der Waals surface area (Å²) in [5.41, 5.74) is 1.16. The summed E-state index contributed by atoms with van der Waals surface area (Å²) in [6.07, 6.45) is 0. The van der Waals surface area contributed by atoms with E-state index in [2.05, 4.69) is 18.3 Å². The van der Waals surface area contributed by atoms with Crippen molar-refractivity contribution in [2.24, 2.45) is 0 Å². The molecule has 0 radical (unpaired) electrons. The van der Waals surface area contributed by atoms with Gasteiger partial charge < -0.3 is 5.32 Å². The van der Waals surface area contributed by atoms with Crippen molar-refractivity contribution in [2.45, 2.75) is 6.92 Å². The van der Waals surface area contributed by atoms with Crippen LogP contribution in [0.5, 0.6) is 0 Å². The molecular weight excluding hydrogens is 217 g/mol. The standard InChI is InChI=1S/C8H10N.Pd/c1-2-9-8-6-4-3-5-7-8;/h4-7,9H,2H2,1H3;/q-1;. The summed E-state index contributed by atoms with van der Waals surface area (Å²) in [5, 5.41) is 3.19. The van der Waals surface area contributed by atoms with Gasteiger partial charge in [-0.25, -0.2) is 0 Å². The second kappa shape index (κ2) is 5.47. The van der Waals surface area contributed by atoms with Gasteiger partial charge in [-0.05, 0) is 6.92 Å². The molecule has 0 atom stereocenters. The molecular formula is C8H10NPd-. The minimum atomic E-state index is 0. The Labute approximate surface area is 75.5 Å². The van der Waals surface area contributed by atoms with Gasteiger partial charge in [0.05, 0.1) is 0 Å². The van der Waals surface area contributed by atoms with Crippen LogP contribution in [0.3, 0.4) is 0 Å². The Morgan fingerprint density at radius 2 is 2.00 bits per heavy atom. The van der Waals surface area contributed by atoms with Gasteiger partial charge in [-0.1, -0.05) is 5.69 Å². The van der Waals surface area contributed by atoms with Crippen LogP contribution < -0.4 is 5.32 Å². The van der Waals surface area contributed by atoms with Gasteiger partial charge in [0.2, 0.25) is 0 Å².